The molecule has 0 radical (unpaired) electrons. The number of ether oxygens (including phenoxy) is 1. The van der Waals surface area contributed by atoms with Crippen LogP contribution in [0.4, 0.5) is 0 Å². The molecule has 2 fully saturated rings. The van der Waals surface area contributed by atoms with Crippen LogP contribution in [-0.4, -0.2) is 24.0 Å². The number of hydrogen-bond acceptors (Lipinski definition) is 4. The van der Waals surface area contributed by atoms with E-state index in [1.807, 2.05) is 29.2 Å². The van der Waals surface area contributed by atoms with Crippen molar-refractivity contribution in [3.05, 3.63) is 53.7 Å². The molecule has 2 aromatic heterocycles. The minimum absolute atomic E-state index is 0.0894. The molecule has 2 unspecified atom stereocenters. The first-order valence-corrected chi connectivity index (χ1v) is 9.60. The summed E-state index contributed by atoms with van der Waals surface area (Å²) in [6, 6.07) is 11.8. The highest BCUT2D eigenvalue weighted by Crippen LogP contribution is 2.47. The van der Waals surface area contributed by atoms with Crippen LogP contribution < -0.4 is 4.74 Å². The summed E-state index contributed by atoms with van der Waals surface area (Å²) >= 11 is 0. The number of carbonyl (C=O) groups is 1. The standard InChI is InChI=1S/C22H23NO4/c1-13-10-17(13)18-9-8-16(26-18)12-23(15-6-7-15)22(24)20-11-14-4-3-5-19(25-2)21(14)27-20/h3-5,8-9,11,13,15,17H,6-7,10,12H2,1-2H3. The molecule has 2 atom stereocenters. The van der Waals surface area contributed by atoms with Crippen LogP contribution in [0.25, 0.3) is 11.0 Å². The number of methoxy groups -OCH3 is 1. The van der Waals surface area contributed by atoms with Crippen LogP contribution >= 0.6 is 0 Å². The lowest BCUT2D eigenvalue weighted by Gasteiger charge is -2.20. The smallest absolute Gasteiger partial charge is 0.290 e. The van der Waals surface area contributed by atoms with E-state index in [9.17, 15) is 4.79 Å². The molecule has 1 amide bonds. The van der Waals surface area contributed by atoms with Gasteiger partial charge in [-0.25, -0.2) is 0 Å². The molecule has 0 saturated heterocycles. The second-order valence-corrected chi connectivity index (χ2v) is 7.78. The Morgan fingerprint density at radius 3 is 2.74 bits per heavy atom. The van der Waals surface area contributed by atoms with E-state index in [1.54, 1.807) is 13.2 Å². The number of para-hydroxylation sites is 1. The summed E-state index contributed by atoms with van der Waals surface area (Å²) < 4.78 is 17.2. The lowest BCUT2D eigenvalue weighted by molar-refractivity contribution is 0.0686. The predicted octanol–water partition coefficient (Wildman–Crippen LogP) is 4.96. The molecule has 0 bridgehead atoms. The highest BCUT2D eigenvalue weighted by atomic mass is 16.5. The second kappa shape index (κ2) is 6.19. The Kier molecular flexibility index (Phi) is 3.78. The summed E-state index contributed by atoms with van der Waals surface area (Å²) in [5.41, 5.74) is 0.613. The molecule has 5 heteroatoms. The van der Waals surface area contributed by atoms with Gasteiger partial charge in [-0.1, -0.05) is 19.1 Å². The Hall–Kier alpha value is -2.69. The molecule has 2 aliphatic carbocycles. The molecule has 0 spiro atoms. The van der Waals surface area contributed by atoms with Crippen molar-refractivity contribution >= 4 is 16.9 Å². The number of benzene rings is 1. The highest BCUT2D eigenvalue weighted by Gasteiger charge is 2.38. The van der Waals surface area contributed by atoms with Crippen molar-refractivity contribution in [2.75, 3.05) is 7.11 Å². The molecule has 0 N–H and O–H groups in total. The van der Waals surface area contributed by atoms with Crippen molar-refractivity contribution in [3.63, 3.8) is 0 Å². The van der Waals surface area contributed by atoms with E-state index in [1.165, 1.54) is 6.42 Å². The van der Waals surface area contributed by atoms with Crippen LogP contribution in [0.5, 0.6) is 5.75 Å². The highest BCUT2D eigenvalue weighted by molar-refractivity contribution is 5.97. The zero-order chi connectivity index (χ0) is 18.5. The van der Waals surface area contributed by atoms with Crippen molar-refractivity contribution < 1.29 is 18.4 Å². The third kappa shape index (κ3) is 3.01. The van der Waals surface area contributed by atoms with Gasteiger partial charge in [-0.15, -0.1) is 0 Å². The molecule has 2 saturated carbocycles. The molecule has 0 aliphatic heterocycles. The van der Waals surface area contributed by atoms with Crippen LogP contribution in [0.15, 0.2) is 45.2 Å². The third-order valence-corrected chi connectivity index (χ3v) is 5.67. The van der Waals surface area contributed by atoms with E-state index in [0.717, 1.165) is 29.7 Å². The maximum atomic E-state index is 13.2. The number of carbonyl (C=O) groups excluding carboxylic acids is 1. The van der Waals surface area contributed by atoms with E-state index in [4.69, 9.17) is 13.6 Å². The molecular weight excluding hydrogens is 342 g/mol. The monoisotopic (exact) mass is 365 g/mol. The summed E-state index contributed by atoms with van der Waals surface area (Å²) in [6.07, 6.45) is 3.25. The average Bonchev–Trinajstić information content (AvgIpc) is 3.55. The van der Waals surface area contributed by atoms with Crippen molar-refractivity contribution in [2.45, 2.75) is 44.7 Å². The van der Waals surface area contributed by atoms with E-state index in [2.05, 4.69) is 13.0 Å². The van der Waals surface area contributed by atoms with Crippen LogP contribution in [-0.2, 0) is 6.54 Å². The molecule has 3 aromatic rings. The number of furan rings is 2. The van der Waals surface area contributed by atoms with Gasteiger partial charge in [0.2, 0.25) is 0 Å². The lowest BCUT2D eigenvalue weighted by atomic mass is 10.2. The van der Waals surface area contributed by atoms with E-state index >= 15 is 0 Å². The molecule has 5 rings (SSSR count). The molecule has 2 heterocycles. The van der Waals surface area contributed by atoms with Gasteiger partial charge in [0, 0.05) is 17.3 Å². The first kappa shape index (κ1) is 16.5. The minimum Gasteiger partial charge on any atom is -0.493 e. The Labute approximate surface area is 157 Å². The van der Waals surface area contributed by atoms with E-state index in [-0.39, 0.29) is 11.9 Å². The first-order chi connectivity index (χ1) is 13.1. The Bertz CT molecular complexity index is 997. The quantitative estimate of drug-likeness (QED) is 0.619. The van der Waals surface area contributed by atoms with E-state index in [0.29, 0.717) is 35.5 Å². The van der Waals surface area contributed by atoms with Gasteiger partial charge >= 0.3 is 0 Å². The van der Waals surface area contributed by atoms with Gasteiger partial charge in [0.05, 0.1) is 13.7 Å². The zero-order valence-electron chi connectivity index (χ0n) is 15.6. The van der Waals surface area contributed by atoms with Gasteiger partial charge in [0.1, 0.15) is 11.5 Å². The molecule has 1 aromatic carbocycles. The van der Waals surface area contributed by atoms with Gasteiger partial charge in [-0.2, -0.15) is 0 Å². The molecule has 2 aliphatic rings. The van der Waals surface area contributed by atoms with Crippen molar-refractivity contribution in [3.8, 4) is 5.75 Å². The first-order valence-electron chi connectivity index (χ1n) is 9.60. The lowest BCUT2D eigenvalue weighted by Crippen LogP contribution is -2.32. The second-order valence-electron chi connectivity index (χ2n) is 7.78. The van der Waals surface area contributed by atoms with Gasteiger partial charge in [-0.3, -0.25) is 4.79 Å². The number of amides is 1. The van der Waals surface area contributed by atoms with Crippen molar-refractivity contribution in [1.82, 2.24) is 4.90 Å². The number of fused-ring (bicyclic) bond motifs is 1. The minimum atomic E-state index is -0.0894. The normalized spacial score (nSPS) is 21.4. The van der Waals surface area contributed by atoms with Crippen LogP contribution in [0.1, 0.15) is 54.2 Å². The van der Waals surface area contributed by atoms with Gasteiger partial charge in [-0.05, 0) is 49.4 Å². The molecular formula is C22H23NO4. The van der Waals surface area contributed by atoms with Gasteiger partial charge in [0.25, 0.3) is 5.91 Å². The Balaban J connectivity index is 1.40. The largest absolute Gasteiger partial charge is 0.493 e. The maximum absolute atomic E-state index is 13.2. The molecule has 140 valence electrons. The fourth-order valence-electron chi connectivity index (χ4n) is 3.76. The fourth-order valence-corrected chi connectivity index (χ4v) is 3.76. The summed E-state index contributed by atoms with van der Waals surface area (Å²) in [6.45, 7) is 2.72. The van der Waals surface area contributed by atoms with Crippen LogP contribution in [0, 0.1) is 5.92 Å². The summed E-state index contributed by atoms with van der Waals surface area (Å²) in [5, 5.41) is 0.872. The summed E-state index contributed by atoms with van der Waals surface area (Å²) in [5.74, 6) is 4.05. The maximum Gasteiger partial charge on any atom is 0.290 e. The van der Waals surface area contributed by atoms with Gasteiger partial charge in [0.15, 0.2) is 17.1 Å². The molecule has 5 nitrogen and oxygen atoms in total. The fraction of sp³-hybridized carbons (Fsp3) is 0.409. The third-order valence-electron chi connectivity index (χ3n) is 5.67. The average molecular weight is 365 g/mol. The predicted molar refractivity (Wildman–Crippen MR) is 101 cm³/mol. The number of rotatable bonds is 6. The summed E-state index contributed by atoms with van der Waals surface area (Å²) in [4.78, 5) is 15.0. The van der Waals surface area contributed by atoms with Crippen LogP contribution in [0.2, 0.25) is 0 Å². The van der Waals surface area contributed by atoms with Crippen molar-refractivity contribution in [1.29, 1.82) is 0 Å². The number of nitrogens with zero attached hydrogens (tertiary/aromatic N) is 1. The van der Waals surface area contributed by atoms with Crippen molar-refractivity contribution in [2.24, 2.45) is 5.92 Å². The molecule has 27 heavy (non-hydrogen) atoms. The Morgan fingerprint density at radius 1 is 1.22 bits per heavy atom. The zero-order valence-corrected chi connectivity index (χ0v) is 15.6. The topological polar surface area (TPSA) is 55.8 Å². The van der Waals surface area contributed by atoms with Crippen LogP contribution in [0.3, 0.4) is 0 Å². The van der Waals surface area contributed by atoms with Gasteiger partial charge < -0.3 is 18.5 Å². The summed E-state index contributed by atoms with van der Waals surface area (Å²) in [7, 11) is 1.60. The SMILES string of the molecule is COc1cccc2cc(C(=O)N(Cc3ccc(C4CC4C)o3)C3CC3)oc12. The Morgan fingerprint density at radius 2 is 2.04 bits per heavy atom. The number of hydrogen-bond donors (Lipinski definition) is 0. The van der Waals surface area contributed by atoms with E-state index < -0.39 is 0 Å².